The smallest absolute Gasteiger partial charge is 0.125 e. The molecule has 1 N–H and O–H groups in total. The summed E-state index contributed by atoms with van der Waals surface area (Å²) >= 11 is 0. The van der Waals surface area contributed by atoms with E-state index in [9.17, 15) is 5.11 Å². The maximum atomic E-state index is 9.96. The van der Waals surface area contributed by atoms with Gasteiger partial charge in [-0.25, -0.2) is 4.98 Å². The lowest BCUT2D eigenvalue weighted by Gasteiger charge is -2.17. The van der Waals surface area contributed by atoms with Crippen LogP contribution < -0.4 is 4.74 Å². The van der Waals surface area contributed by atoms with Crippen molar-refractivity contribution in [2.75, 3.05) is 6.61 Å². The predicted octanol–water partition coefficient (Wildman–Crippen LogP) is 2.25. The molecule has 0 spiro atoms. The highest BCUT2D eigenvalue weighted by Gasteiger charge is 2.10. The normalized spacial score (nSPS) is 12.4. The number of ether oxygens (including phenoxy) is 1. The highest BCUT2D eigenvalue weighted by molar-refractivity contribution is 5.44. The number of hydrogen-bond donors (Lipinski definition) is 1. The standard InChI is InChI=1S/C15H20N2O2/c1-11-4-5-12(2)15(13(11)3)19-9-14(18)8-17-7-6-16-10-17/h4-7,10,14,18H,8-9H2,1-3H3. The first-order valence-corrected chi connectivity index (χ1v) is 6.41. The SMILES string of the molecule is Cc1ccc(C)c(OCC(O)Cn2ccnc2)c1C. The van der Waals surface area contributed by atoms with Gasteiger partial charge in [0.25, 0.3) is 0 Å². The maximum Gasteiger partial charge on any atom is 0.125 e. The Hall–Kier alpha value is -1.81. The Balaban J connectivity index is 1.97. The fourth-order valence-corrected chi connectivity index (χ4v) is 2.02. The van der Waals surface area contributed by atoms with Gasteiger partial charge >= 0.3 is 0 Å². The summed E-state index contributed by atoms with van der Waals surface area (Å²) < 4.78 is 7.61. The average Bonchev–Trinajstić information content (AvgIpc) is 2.87. The van der Waals surface area contributed by atoms with E-state index in [0.29, 0.717) is 6.54 Å². The van der Waals surface area contributed by atoms with Gasteiger partial charge in [-0.1, -0.05) is 12.1 Å². The van der Waals surface area contributed by atoms with Crippen molar-refractivity contribution in [2.45, 2.75) is 33.4 Å². The quantitative estimate of drug-likeness (QED) is 0.897. The fourth-order valence-electron chi connectivity index (χ4n) is 2.02. The van der Waals surface area contributed by atoms with E-state index in [1.165, 1.54) is 5.56 Å². The number of hydrogen-bond acceptors (Lipinski definition) is 3. The molecule has 1 atom stereocenters. The van der Waals surface area contributed by atoms with E-state index in [-0.39, 0.29) is 6.61 Å². The van der Waals surface area contributed by atoms with Gasteiger partial charge in [0.2, 0.25) is 0 Å². The highest BCUT2D eigenvalue weighted by Crippen LogP contribution is 2.25. The van der Waals surface area contributed by atoms with Gasteiger partial charge in [-0.15, -0.1) is 0 Å². The van der Waals surface area contributed by atoms with Crippen LogP contribution in [0.25, 0.3) is 0 Å². The number of aromatic nitrogens is 2. The Morgan fingerprint density at radius 1 is 1.26 bits per heavy atom. The van der Waals surface area contributed by atoms with Crippen LogP contribution in [-0.2, 0) is 6.54 Å². The molecule has 2 aromatic rings. The number of rotatable bonds is 5. The van der Waals surface area contributed by atoms with E-state index in [1.807, 2.05) is 30.7 Å². The second-order valence-electron chi connectivity index (χ2n) is 4.88. The number of aryl methyl sites for hydroxylation is 2. The Bertz CT molecular complexity index is 535. The third-order valence-corrected chi connectivity index (χ3v) is 3.27. The molecule has 0 radical (unpaired) electrons. The third kappa shape index (κ3) is 3.35. The van der Waals surface area contributed by atoms with Gasteiger partial charge in [-0.05, 0) is 37.5 Å². The summed E-state index contributed by atoms with van der Waals surface area (Å²) in [5.41, 5.74) is 3.43. The van der Waals surface area contributed by atoms with Gasteiger partial charge in [0.05, 0.1) is 12.9 Å². The summed E-state index contributed by atoms with van der Waals surface area (Å²) in [5.74, 6) is 0.879. The van der Waals surface area contributed by atoms with Crippen molar-refractivity contribution < 1.29 is 9.84 Å². The Morgan fingerprint density at radius 2 is 2.00 bits per heavy atom. The van der Waals surface area contributed by atoms with E-state index >= 15 is 0 Å². The molecule has 0 saturated heterocycles. The molecule has 0 saturated carbocycles. The fraction of sp³-hybridized carbons (Fsp3) is 0.400. The molecule has 0 aliphatic heterocycles. The molecule has 1 heterocycles. The minimum atomic E-state index is -0.548. The summed E-state index contributed by atoms with van der Waals surface area (Å²) in [6, 6.07) is 4.12. The van der Waals surface area contributed by atoms with Crippen LogP contribution in [0.1, 0.15) is 16.7 Å². The molecule has 4 heteroatoms. The van der Waals surface area contributed by atoms with Crippen LogP contribution in [0.15, 0.2) is 30.9 Å². The van der Waals surface area contributed by atoms with E-state index in [2.05, 4.69) is 18.0 Å². The van der Waals surface area contributed by atoms with Crippen molar-refractivity contribution in [3.05, 3.63) is 47.5 Å². The van der Waals surface area contributed by atoms with Crippen molar-refractivity contribution >= 4 is 0 Å². The summed E-state index contributed by atoms with van der Waals surface area (Å²) in [4.78, 5) is 3.94. The van der Waals surface area contributed by atoms with Crippen LogP contribution in [0, 0.1) is 20.8 Å². The molecule has 0 amide bonds. The van der Waals surface area contributed by atoms with Gasteiger partial charge in [-0.3, -0.25) is 0 Å². The summed E-state index contributed by atoms with van der Waals surface area (Å²) in [6.45, 7) is 6.89. The molecule has 102 valence electrons. The van der Waals surface area contributed by atoms with E-state index in [4.69, 9.17) is 4.74 Å². The van der Waals surface area contributed by atoms with Crippen molar-refractivity contribution in [3.63, 3.8) is 0 Å². The van der Waals surface area contributed by atoms with E-state index < -0.39 is 6.10 Å². The molecule has 1 aromatic heterocycles. The Morgan fingerprint density at radius 3 is 2.68 bits per heavy atom. The molecule has 19 heavy (non-hydrogen) atoms. The van der Waals surface area contributed by atoms with Crippen molar-refractivity contribution in [3.8, 4) is 5.75 Å². The lowest BCUT2D eigenvalue weighted by Crippen LogP contribution is -2.23. The molecular weight excluding hydrogens is 240 g/mol. The summed E-state index contributed by atoms with van der Waals surface area (Å²) in [6.07, 6.45) is 4.66. The zero-order chi connectivity index (χ0) is 13.8. The minimum absolute atomic E-state index is 0.281. The predicted molar refractivity (Wildman–Crippen MR) is 74.4 cm³/mol. The Kier molecular flexibility index (Phi) is 4.22. The van der Waals surface area contributed by atoms with E-state index in [0.717, 1.165) is 16.9 Å². The molecule has 1 aromatic carbocycles. The zero-order valence-electron chi connectivity index (χ0n) is 11.6. The van der Waals surface area contributed by atoms with Gasteiger partial charge in [0.1, 0.15) is 18.5 Å². The maximum absolute atomic E-state index is 9.96. The molecule has 0 fully saturated rings. The van der Waals surface area contributed by atoms with Gasteiger partial charge in [0, 0.05) is 12.4 Å². The van der Waals surface area contributed by atoms with Gasteiger partial charge in [-0.2, -0.15) is 0 Å². The summed E-state index contributed by atoms with van der Waals surface area (Å²) in [5, 5.41) is 9.96. The molecule has 2 rings (SSSR count). The molecule has 0 bridgehead atoms. The van der Waals surface area contributed by atoms with Gasteiger partial charge < -0.3 is 14.4 Å². The average molecular weight is 260 g/mol. The second kappa shape index (κ2) is 5.89. The van der Waals surface area contributed by atoms with E-state index in [1.54, 1.807) is 12.5 Å². The van der Waals surface area contributed by atoms with Gasteiger partial charge in [0.15, 0.2) is 0 Å². The van der Waals surface area contributed by atoms with Crippen LogP contribution in [0.3, 0.4) is 0 Å². The molecule has 1 unspecified atom stereocenters. The first-order chi connectivity index (χ1) is 9.08. The first-order valence-electron chi connectivity index (χ1n) is 6.41. The highest BCUT2D eigenvalue weighted by atomic mass is 16.5. The first kappa shape index (κ1) is 13.6. The number of aliphatic hydroxyl groups excluding tert-OH is 1. The van der Waals surface area contributed by atoms with Crippen molar-refractivity contribution in [1.29, 1.82) is 0 Å². The molecule has 0 aliphatic rings. The van der Waals surface area contributed by atoms with Crippen LogP contribution in [0.2, 0.25) is 0 Å². The van der Waals surface area contributed by atoms with Crippen LogP contribution in [0.4, 0.5) is 0 Å². The molecule has 0 aliphatic carbocycles. The van der Waals surface area contributed by atoms with Crippen molar-refractivity contribution in [2.24, 2.45) is 0 Å². The third-order valence-electron chi connectivity index (χ3n) is 3.27. The molecule has 4 nitrogen and oxygen atoms in total. The molecular formula is C15H20N2O2. The largest absolute Gasteiger partial charge is 0.490 e. The summed E-state index contributed by atoms with van der Waals surface area (Å²) in [7, 11) is 0. The topological polar surface area (TPSA) is 47.3 Å². The second-order valence-corrected chi connectivity index (χ2v) is 4.88. The van der Waals surface area contributed by atoms with Crippen LogP contribution in [-0.4, -0.2) is 27.4 Å². The van der Waals surface area contributed by atoms with Crippen LogP contribution >= 0.6 is 0 Å². The monoisotopic (exact) mass is 260 g/mol. The lowest BCUT2D eigenvalue weighted by molar-refractivity contribution is 0.0918. The number of imidazole rings is 1. The minimum Gasteiger partial charge on any atom is -0.490 e. The zero-order valence-corrected chi connectivity index (χ0v) is 11.6. The number of nitrogens with zero attached hydrogens (tertiary/aromatic N) is 2. The number of benzene rings is 1. The number of aliphatic hydroxyl groups is 1. The van der Waals surface area contributed by atoms with Crippen molar-refractivity contribution in [1.82, 2.24) is 9.55 Å². The van der Waals surface area contributed by atoms with Crippen LogP contribution in [0.5, 0.6) is 5.75 Å². The lowest BCUT2D eigenvalue weighted by atomic mass is 10.1. The Labute approximate surface area is 113 Å².